The summed E-state index contributed by atoms with van der Waals surface area (Å²) in [6.07, 6.45) is 71.7. The van der Waals surface area contributed by atoms with Gasteiger partial charge in [0.1, 0.15) is 6.10 Å². The van der Waals surface area contributed by atoms with Crippen LogP contribution in [0, 0.1) is 0 Å². The third-order valence-corrected chi connectivity index (χ3v) is 11.6. The van der Waals surface area contributed by atoms with Gasteiger partial charge in [0.05, 0.1) is 25.2 Å². The van der Waals surface area contributed by atoms with E-state index >= 15 is 0 Å². The van der Waals surface area contributed by atoms with Gasteiger partial charge in [0, 0.05) is 6.42 Å². The highest BCUT2D eigenvalue weighted by molar-refractivity contribution is 5.77. The smallest absolute Gasteiger partial charge is 0.306 e. The zero-order valence-electron chi connectivity index (χ0n) is 42.8. The van der Waals surface area contributed by atoms with Crippen LogP contribution < -0.4 is 5.32 Å². The normalized spacial score (nSPS) is 14.1. The van der Waals surface area contributed by atoms with E-state index in [2.05, 4.69) is 129 Å². The quantitative estimate of drug-likeness (QED) is 0.0321. The van der Waals surface area contributed by atoms with Gasteiger partial charge in [-0.25, -0.2) is 0 Å². The van der Waals surface area contributed by atoms with E-state index < -0.39 is 18.2 Å². The summed E-state index contributed by atoms with van der Waals surface area (Å²) in [5.74, 6) is -0.635. The topological polar surface area (TPSA) is 95.9 Å². The van der Waals surface area contributed by atoms with Crippen LogP contribution in [0.5, 0.6) is 0 Å². The Labute approximate surface area is 407 Å². The van der Waals surface area contributed by atoms with Crippen molar-refractivity contribution in [2.45, 2.75) is 251 Å². The molecule has 6 nitrogen and oxygen atoms in total. The molecule has 3 atom stereocenters. The van der Waals surface area contributed by atoms with E-state index in [0.717, 1.165) is 89.9 Å². The molecule has 3 N–H and O–H groups in total. The fourth-order valence-electron chi connectivity index (χ4n) is 7.59. The Morgan fingerprint density at radius 1 is 0.455 bits per heavy atom. The molecular formula is C60H101NO5. The van der Waals surface area contributed by atoms with E-state index in [0.29, 0.717) is 19.3 Å². The molecule has 66 heavy (non-hydrogen) atoms. The van der Waals surface area contributed by atoms with Crippen molar-refractivity contribution in [3.63, 3.8) is 0 Å². The molecule has 0 aromatic carbocycles. The summed E-state index contributed by atoms with van der Waals surface area (Å²) in [5.41, 5.74) is 0. The minimum absolute atomic E-state index is 0.00393. The Balaban J connectivity index is 4.72. The summed E-state index contributed by atoms with van der Waals surface area (Å²) in [4.78, 5) is 26.2. The van der Waals surface area contributed by atoms with Crippen molar-refractivity contribution in [3.8, 4) is 0 Å². The molecule has 0 aromatic rings. The lowest BCUT2D eigenvalue weighted by Gasteiger charge is -2.24. The number of allylic oxidation sites excluding steroid dienone is 18. The van der Waals surface area contributed by atoms with Gasteiger partial charge in [0.25, 0.3) is 0 Å². The van der Waals surface area contributed by atoms with E-state index in [-0.39, 0.29) is 31.3 Å². The van der Waals surface area contributed by atoms with E-state index in [1.54, 1.807) is 0 Å². The van der Waals surface area contributed by atoms with Crippen LogP contribution in [-0.2, 0) is 14.3 Å². The Kier molecular flexibility index (Phi) is 49.7. The predicted octanol–water partition coefficient (Wildman–Crippen LogP) is 16.7. The van der Waals surface area contributed by atoms with Crippen molar-refractivity contribution in [1.82, 2.24) is 5.32 Å². The molecular weight excluding hydrogens is 815 g/mol. The van der Waals surface area contributed by atoms with Gasteiger partial charge in [-0.05, 0) is 89.9 Å². The number of nitrogens with one attached hydrogen (secondary N) is 1. The van der Waals surface area contributed by atoms with Crippen LogP contribution in [0.15, 0.2) is 109 Å². The van der Waals surface area contributed by atoms with Crippen molar-refractivity contribution < 1.29 is 24.5 Å². The van der Waals surface area contributed by atoms with Crippen LogP contribution in [0.3, 0.4) is 0 Å². The average molecular weight is 916 g/mol. The molecule has 0 saturated heterocycles. The number of aliphatic hydroxyl groups excluding tert-OH is 2. The number of carbonyl (C=O) groups is 2. The Hall–Kier alpha value is -3.48. The zero-order chi connectivity index (χ0) is 48.1. The first kappa shape index (κ1) is 62.5. The number of hydrogen-bond acceptors (Lipinski definition) is 5. The van der Waals surface area contributed by atoms with Gasteiger partial charge < -0.3 is 20.3 Å². The van der Waals surface area contributed by atoms with E-state index in [4.69, 9.17) is 4.74 Å². The predicted molar refractivity (Wildman–Crippen MR) is 287 cm³/mol. The molecule has 0 aromatic heterocycles. The Morgan fingerprint density at radius 3 is 1.21 bits per heavy atom. The van der Waals surface area contributed by atoms with Crippen LogP contribution in [0.1, 0.15) is 233 Å². The van der Waals surface area contributed by atoms with E-state index in [1.165, 1.54) is 89.9 Å². The van der Waals surface area contributed by atoms with E-state index in [1.807, 2.05) is 6.08 Å². The summed E-state index contributed by atoms with van der Waals surface area (Å²) < 4.78 is 5.87. The largest absolute Gasteiger partial charge is 0.462 e. The molecule has 3 unspecified atom stereocenters. The monoisotopic (exact) mass is 916 g/mol. The van der Waals surface area contributed by atoms with Crippen LogP contribution in [0.4, 0.5) is 0 Å². The van der Waals surface area contributed by atoms with Crippen molar-refractivity contribution in [3.05, 3.63) is 109 Å². The number of unbranched alkanes of at least 4 members (excludes halogenated alkanes) is 17. The van der Waals surface area contributed by atoms with Crippen molar-refractivity contribution in [2.75, 3.05) is 6.61 Å². The van der Waals surface area contributed by atoms with Crippen molar-refractivity contribution >= 4 is 11.9 Å². The number of carbonyl (C=O) groups excluding carboxylic acids is 2. The summed E-state index contributed by atoms with van der Waals surface area (Å²) in [6.45, 7) is 6.23. The summed E-state index contributed by atoms with van der Waals surface area (Å²) in [6, 6.07) is -0.741. The lowest BCUT2D eigenvalue weighted by molar-refractivity contribution is -0.150. The third kappa shape index (κ3) is 47.0. The second-order valence-corrected chi connectivity index (χ2v) is 17.9. The van der Waals surface area contributed by atoms with Gasteiger partial charge in [-0.1, -0.05) is 239 Å². The maximum atomic E-state index is 13.2. The Morgan fingerprint density at radius 2 is 0.818 bits per heavy atom. The van der Waals surface area contributed by atoms with Gasteiger partial charge in [-0.3, -0.25) is 9.59 Å². The minimum Gasteiger partial charge on any atom is -0.462 e. The molecule has 0 aliphatic rings. The SMILES string of the molecule is CC/C=C/C/C=C/C/C=C/C/C=C/C/C=C/CCC(=O)OC(CCC/C=C/C/C=C/C/C=C/C/C=C/CC)CC(=O)NC(CO)C(O)CCCCCCCCCCCCCCCCCCC. The van der Waals surface area contributed by atoms with E-state index in [9.17, 15) is 19.8 Å². The van der Waals surface area contributed by atoms with Crippen LogP contribution in [0.2, 0.25) is 0 Å². The molecule has 1 amide bonds. The second kappa shape index (κ2) is 52.5. The van der Waals surface area contributed by atoms with Gasteiger partial charge >= 0.3 is 5.97 Å². The number of rotatable bonds is 47. The number of amides is 1. The summed E-state index contributed by atoms with van der Waals surface area (Å²) >= 11 is 0. The fourth-order valence-corrected chi connectivity index (χ4v) is 7.59. The molecule has 0 aliphatic heterocycles. The molecule has 6 heteroatoms. The van der Waals surface area contributed by atoms with Gasteiger partial charge in [0.15, 0.2) is 0 Å². The number of aliphatic hydroxyl groups is 2. The highest BCUT2D eigenvalue weighted by Gasteiger charge is 2.24. The van der Waals surface area contributed by atoms with Gasteiger partial charge in [-0.15, -0.1) is 0 Å². The molecule has 0 aliphatic carbocycles. The molecule has 0 fully saturated rings. The highest BCUT2D eigenvalue weighted by atomic mass is 16.5. The molecule has 0 heterocycles. The van der Waals surface area contributed by atoms with Crippen LogP contribution in [-0.4, -0.2) is 46.9 Å². The summed E-state index contributed by atoms with van der Waals surface area (Å²) in [5, 5.41) is 23.8. The fraction of sp³-hybridized carbons (Fsp3) is 0.667. The molecule has 0 saturated carbocycles. The first-order valence-corrected chi connectivity index (χ1v) is 27.1. The second-order valence-electron chi connectivity index (χ2n) is 17.9. The molecule has 0 rings (SSSR count). The molecule has 0 bridgehead atoms. The number of hydrogen-bond donors (Lipinski definition) is 3. The maximum Gasteiger partial charge on any atom is 0.306 e. The van der Waals surface area contributed by atoms with Crippen molar-refractivity contribution in [1.29, 1.82) is 0 Å². The lowest BCUT2D eigenvalue weighted by Crippen LogP contribution is -2.46. The maximum absolute atomic E-state index is 13.2. The number of ether oxygens (including phenoxy) is 1. The number of esters is 1. The molecule has 0 spiro atoms. The Bertz CT molecular complexity index is 1350. The summed E-state index contributed by atoms with van der Waals surface area (Å²) in [7, 11) is 0. The first-order valence-electron chi connectivity index (χ1n) is 27.1. The van der Waals surface area contributed by atoms with Crippen LogP contribution in [0.25, 0.3) is 0 Å². The zero-order valence-corrected chi connectivity index (χ0v) is 42.8. The molecule has 376 valence electrons. The van der Waals surface area contributed by atoms with Crippen molar-refractivity contribution in [2.24, 2.45) is 0 Å². The van der Waals surface area contributed by atoms with Gasteiger partial charge in [0.2, 0.25) is 5.91 Å². The average Bonchev–Trinajstić information content (AvgIpc) is 3.31. The van der Waals surface area contributed by atoms with Gasteiger partial charge in [-0.2, -0.15) is 0 Å². The highest BCUT2D eigenvalue weighted by Crippen LogP contribution is 2.17. The lowest BCUT2D eigenvalue weighted by atomic mass is 10.0. The minimum atomic E-state index is -0.821. The van der Waals surface area contributed by atoms with Crippen LogP contribution >= 0.6 is 0 Å². The third-order valence-electron chi connectivity index (χ3n) is 11.6. The molecule has 0 radical (unpaired) electrons. The standard InChI is InChI=1S/C60H101NO5/c1-4-7-10-13-16-19-22-25-28-30-31-34-37-40-43-46-49-52-58(63)57(55-62)61-59(64)54-56(51-48-45-42-39-36-33-27-24-21-18-15-12-9-6-3)66-60(65)53-50-47-44-41-38-35-32-29-26-23-20-17-14-11-8-5-2/h8-9,11-12,17-18,20-21,26-27,29,33,35,38-39,42,44,47,56-58,62-63H,4-7,10,13-16,19,22-25,28,30-32,34,36-37,40-41,43,45-46,48-55H2,1-3H3,(H,61,64)/b11-8+,12-9+,20-17+,21-18+,29-26+,33-27+,38-35+,42-39+,47-44+. The first-order chi connectivity index (χ1) is 32.5.